The number of hydrogen-bond donors (Lipinski definition) is 0. The van der Waals surface area contributed by atoms with E-state index < -0.39 is 0 Å². The number of allylic oxidation sites excluding steroid dienone is 3. The van der Waals surface area contributed by atoms with Crippen molar-refractivity contribution in [1.29, 1.82) is 0 Å². The third-order valence-corrected chi connectivity index (χ3v) is 4.45. The fourth-order valence-corrected chi connectivity index (χ4v) is 2.72. The zero-order valence-corrected chi connectivity index (χ0v) is 13.1. The van der Waals surface area contributed by atoms with Gasteiger partial charge in [-0.1, -0.05) is 32.1 Å². The Bertz CT molecular complexity index is 310. The zero-order valence-electron chi connectivity index (χ0n) is 13.1. The molecule has 0 saturated carbocycles. The van der Waals surface area contributed by atoms with Crippen LogP contribution in [0.5, 0.6) is 0 Å². The molecule has 18 heavy (non-hydrogen) atoms. The summed E-state index contributed by atoms with van der Waals surface area (Å²) in [6.45, 7) is 13.4. The van der Waals surface area contributed by atoms with Crippen molar-refractivity contribution in [3.8, 4) is 0 Å². The fourth-order valence-electron chi connectivity index (χ4n) is 2.72. The molecule has 0 unspecified atom stereocenters. The minimum absolute atomic E-state index is 0.434. The van der Waals surface area contributed by atoms with Crippen LogP contribution < -0.4 is 0 Å². The molecule has 0 aromatic heterocycles. The average Bonchev–Trinajstić information content (AvgIpc) is 2.29. The summed E-state index contributed by atoms with van der Waals surface area (Å²) >= 11 is 0. The first-order valence-electron chi connectivity index (χ1n) is 7.44. The molecule has 0 aromatic carbocycles. The van der Waals surface area contributed by atoms with Gasteiger partial charge in [0.1, 0.15) is 0 Å². The Hall–Kier alpha value is -0.720. The van der Waals surface area contributed by atoms with Gasteiger partial charge in [-0.2, -0.15) is 0 Å². The molecule has 1 aliphatic carbocycles. The monoisotopic (exact) mass is 249 g/mol. The van der Waals surface area contributed by atoms with E-state index in [1.54, 1.807) is 5.57 Å². The maximum absolute atomic E-state index is 4.20. The van der Waals surface area contributed by atoms with E-state index in [0.29, 0.717) is 11.5 Å². The second kappa shape index (κ2) is 6.45. The molecule has 1 aliphatic rings. The predicted molar refractivity (Wildman–Crippen MR) is 81.6 cm³/mol. The van der Waals surface area contributed by atoms with Crippen LogP contribution in [0.4, 0.5) is 0 Å². The highest BCUT2D eigenvalue weighted by Crippen LogP contribution is 2.39. The molecule has 0 spiro atoms. The summed E-state index contributed by atoms with van der Waals surface area (Å²) in [7, 11) is 2.15. The quantitative estimate of drug-likeness (QED) is 0.589. The molecule has 0 heterocycles. The lowest BCUT2D eigenvalue weighted by atomic mass is 9.74. The molecule has 0 fully saturated rings. The lowest BCUT2D eigenvalue weighted by molar-refractivity contribution is 0.327. The van der Waals surface area contributed by atoms with Crippen molar-refractivity contribution in [2.45, 2.75) is 72.3 Å². The van der Waals surface area contributed by atoms with E-state index in [2.05, 4.69) is 52.3 Å². The molecule has 0 aromatic rings. The molecule has 0 bridgehead atoms. The van der Waals surface area contributed by atoms with Gasteiger partial charge in [0.05, 0.1) is 0 Å². The van der Waals surface area contributed by atoms with Crippen LogP contribution in [-0.4, -0.2) is 18.0 Å². The fraction of sp³-hybridized carbons (Fsp3) is 0.765. The van der Waals surface area contributed by atoms with Crippen LogP contribution in [0.25, 0.3) is 0 Å². The normalized spacial score (nSPS) is 18.7. The van der Waals surface area contributed by atoms with E-state index in [0.717, 1.165) is 6.42 Å². The molecule has 1 heteroatoms. The number of rotatable bonds is 6. The van der Waals surface area contributed by atoms with Crippen LogP contribution in [0.2, 0.25) is 0 Å². The van der Waals surface area contributed by atoms with Gasteiger partial charge in [-0.15, -0.1) is 0 Å². The minimum atomic E-state index is 0.434. The first kappa shape index (κ1) is 15.3. The van der Waals surface area contributed by atoms with E-state index in [-0.39, 0.29) is 0 Å². The topological polar surface area (TPSA) is 3.24 Å². The smallest absolute Gasteiger partial charge is 0.0226 e. The first-order chi connectivity index (χ1) is 8.34. The summed E-state index contributed by atoms with van der Waals surface area (Å²) in [5, 5.41) is 0. The molecule has 1 nitrogen and oxygen atoms in total. The van der Waals surface area contributed by atoms with E-state index >= 15 is 0 Å². The largest absolute Gasteiger partial charge is 0.376 e. The Balaban J connectivity index is 2.38. The summed E-state index contributed by atoms with van der Waals surface area (Å²) in [4.78, 5) is 2.29. The lowest BCUT2D eigenvalue weighted by Gasteiger charge is -2.32. The van der Waals surface area contributed by atoms with Crippen LogP contribution in [0.1, 0.15) is 66.2 Å². The molecular weight excluding hydrogens is 218 g/mol. The SMILES string of the molecule is C=C(CCCC1=CCCCC1(C)C)N(C)C(C)C. The van der Waals surface area contributed by atoms with E-state index in [4.69, 9.17) is 0 Å². The van der Waals surface area contributed by atoms with Crippen LogP contribution >= 0.6 is 0 Å². The molecule has 1 rings (SSSR count). The first-order valence-corrected chi connectivity index (χ1v) is 7.44. The molecule has 0 atom stereocenters. The molecule has 0 N–H and O–H groups in total. The Kier molecular flexibility index (Phi) is 5.49. The zero-order chi connectivity index (χ0) is 13.8. The summed E-state index contributed by atoms with van der Waals surface area (Å²) < 4.78 is 0. The second-order valence-corrected chi connectivity index (χ2v) is 6.63. The Labute approximate surface area is 114 Å². The van der Waals surface area contributed by atoms with E-state index in [1.165, 1.54) is 37.8 Å². The summed E-state index contributed by atoms with van der Waals surface area (Å²) in [6, 6.07) is 0.558. The Morgan fingerprint density at radius 2 is 2.11 bits per heavy atom. The van der Waals surface area contributed by atoms with Crippen molar-refractivity contribution in [3.63, 3.8) is 0 Å². The third kappa shape index (κ3) is 4.19. The Morgan fingerprint density at radius 3 is 2.67 bits per heavy atom. The molecule has 0 radical (unpaired) electrons. The van der Waals surface area contributed by atoms with E-state index in [9.17, 15) is 0 Å². The predicted octanol–water partition coefficient (Wildman–Crippen LogP) is 5.15. The second-order valence-electron chi connectivity index (χ2n) is 6.63. The van der Waals surface area contributed by atoms with Gasteiger partial charge in [0.25, 0.3) is 0 Å². The number of hydrogen-bond acceptors (Lipinski definition) is 1. The van der Waals surface area contributed by atoms with Crippen molar-refractivity contribution < 1.29 is 0 Å². The summed E-state index contributed by atoms with van der Waals surface area (Å²) in [5.74, 6) is 0. The maximum atomic E-state index is 4.20. The van der Waals surface area contributed by atoms with Crippen LogP contribution in [0.15, 0.2) is 23.9 Å². The Morgan fingerprint density at radius 1 is 1.44 bits per heavy atom. The summed E-state index contributed by atoms with van der Waals surface area (Å²) in [6.07, 6.45) is 10.1. The van der Waals surface area contributed by atoms with E-state index in [1.807, 2.05) is 0 Å². The molecule has 104 valence electrons. The maximum Gasteiger partial charge on any atom is 0.0226 e. The highest BCUT2D eigenvalue weighted by Gasteiger charge is 2.24. The lowest BCUT2D eigenvalue weighted by Crippen LogP contribution is -2.25. The van der Waals surface area contributed by atoms with Gasteiger partial charge < -0.3 is 4.90 Å². The third-order valence-electron chi connectivity index (χ3n) is 4.45. The van der Waals surface area contributed by atoms with Crippen molar-refractivity contribution >= 4 is 0 Å². The van der Waals surface area contributed by atoms with Gasteiger partial charge in [0.15, 0.2) is 0 Å². The number of nitrogens with zero attached hydrogens (tertiary/aromatic N) is 1. The molecule has 0 aliphatic heterocycles. The average molecular weight is 249 g/mol. The van der Waals surface area contributed by atoms with Crippen molar-refractivity contribution in [2.24, 2.45) is 5.41 Å². The molecular formula is C17H31N. The van der Waals surface area contributed by atoms with Crippen molar-refractivity contribution in [3.05, 3.63) is 23.9 Å². The van der Waals surface area contributed by atoms with Gasteiger partial charge in [-0.25, -0.2) is 0 Å². The van der Waals surface area contributed by atoms with Gasteiger partial charge in [0.2, 0.25) is 0 Å². The standard InChI is InChI=1S/C17H31N/c1-14(2)18(6)15(3)10-9-12-16-11-7-8-13-17(16,4)5/h11,14H,3,7-10,12-13H2,1-2,4-6H3. The molecule has 0 saturated heterocycles. The van der Waals surface area contributed by atoms with Crippen LogP contribution in [0.3, 0.4) is 0 Å². The van der Waals surface area contributed by atoms with Crippen LogP contribution in [0, 0.1) is 5.41 Å². The minimum Gasteiger partial charge on any atom is -0.376 e. The highest BCUT2D eigenvalue weighted by molar-refractivity contribution is 5.15. The highest BCUT2D eigenvalue weighted by atomic mass is 15.1. The summed E-state index contributed by atoms with van der Waals surface area (Å²) in [5.41, 5.74) is 3.39. The van der Waals surface area contributed by atoms with Gasteiger partial charge >= 0.3 is 0 Å². The molecule has 0 amide bonds. The van der Waals surface area contributed by atoms with Crippen molar-refractivity contribution in [2.75, 3.05) is 7.05 Å². The van der Waals surface area contributed by atoms with Crippen LogP contribution in [-0.2, 0) is 0 Å². The van der Waals surface area contributed by atoms with Crippen molar-refractivity contribution in [1.82, 2.24) is 4.90 Å². The van der Waals surface area contributed by atoms with Gasteiger partial charge in [0, 0.05) is 18.8 Å². The van der Waals surface area contributed by atoms with Gasteiger partial charge in [-0.05, 0) is 57.8 Å². The van der Waals surface area contributed by atoms with Gasteiger partial charge in [-0.3, -0.25) is 0 Å².